The van der Waals surface area contributed by atoms with Crippen molar-refractivity contribution in [1.82, 2.24) is 0 Å². The first-order valence-corrected chi connectivity index (χ1v) is 7.36. The molecule has 0 bridgehead atoms. The van der Waals surface area contributed by atoms with Gasteiger partial charge in [-0.3, -0.25) is 0 Å². The number of hydrogen-bond donors (Lipinski definition) is 1. The molecule has 21 heavy (non-hydrogen) atoms. The van der Waals surface area contributed by atoms with Crippen LogP contribution in [-0.2, 0) is 12.7 Å². The molecule has 1 nitrogen and oxygen atoms in total. The predicted octanol–water partition coefficient (Wildman–Crippen LogP) is 5.18. The van der Waals surface area contributed by atoms with E-state index >= 15 is 0 Å². The van der Waals surface area contributed by atoms with Crippen molar-refractivity contribution < 1.29 is 17.6 Å². The average molecular weight is 315 g/mol. The fourth-order valence-electron chi connectivity index (χ4n) is 1.84. The summed E-state index contributed by atoms with van der Waals surface area (Å²) in [6.07, 6.45) is -2.74. The lowest BCUT2D eigenvalue weighted by Gasteiger charge is -2.11. The van der Waals surface area contributed by atoms with Crippen LogP contribution >= 0.6 is 11.8 Å². The van der Waals surface area contributed by atoms with Crippen molar-refractivity contribution >= 4 is 17.4 Å². The van der Waals surface area contributed by atoms with Gasteiger partial charge in [0.2, 0.25) is 0 Å². The lowest BCUT2D eigenvalue weighted by molar-refractivity contribution is -0.140. The zero-order valence-corrected chi connectivity index (χ0v) is 12.0. The summed E-state index contributed by atoms with van der Waals surface area (Å²) in [7, 11) is 0. The molecular weight excluding hydrogens is 302 g/mol. The van der Waals surface area contributed by atoms with E-state index in [1.807, 2.05) is 30.5 Å². The molecule has 0 fully saturated rings. The molecular formula is C15H13F4NS. The summed E-state index contributed by atoms with van der Waals surface area (Å²) in [5.74, 6) is -1.25. The van der Waals surface area contributed by atoms with Gasteiger partial charge in [-0.05, 0) is 42.2 Å². The van der Waals surface area contributed by atoms with Crippen molar-refractivity contribution in [3.63, 3.8) is 0 Å². The average Bonchev–Trinajstić information content (AvgIpc) is 2.45. The van der Waals surface area contributed by atoms with Gasteiger partial charge in [-0.2, -0.15) is 13.2 Å². The Labute approximate surface area is 124 Å². The normalized spacial score (nSPS) is 11.5. The van der Waals surface area contributed by atoms with Crippen LogP contribution in [0.3, 0.4) is 0 Å². The van der Waals surface area contributed by atoms with E-state index in [9.17, 15) is 17.6 Å². The number of benzene rings is 2. The van der Waals surface area contributed by atoms with Gasteiger partial charge in [0, 0.05) is 17.1 Å². The van der Waals surface area contributed by atoms with Gasteiger partial charge in [0.1, 0.15) is 5.82 Å². The maximum absolute atomic E-state index is 13.2. The highest BCUT2D eigenvalue weighted by molar-refractivity contribution is 7.98. The fourth-order valence-corrected chi connectivity index (χ4v) is 2.30. The van der Waals surface area contributed by atoms with Crippen molar-refractivity contribution in [2.24, 2.45) is 0 Å². The summed E-state index contributed by atoms with van der Waals surface area (Å²) >= 11 is 1.57. The number of hydrogen-bond acceptors (Lipinski definition) is 2. The standard InChI is InChI=1S/C15H13F4NS/c1-21-12-4-2-3-11(8-12)20-9-10-5-6-14(16)13(7-10)15(17,18)19/h2-8,20H,9H2,1H3. The molecule has 1 N–H and O–H groups in total. The first-order valence-electron chi connectivity index (χ1n) is 6.13. The second kappa shape index (κ2) is 6.39. The highest BCUT2D eigenvalue weighted by Gasteiger charge is 2.34. The monoisotopic (exact) mass is 315 g/mol. The molecule has 2 rings (SSSR count). The van der Waals surface area contributed by atoms with Crippen molar-refractivity contribution in [1.29, 1.82) is 0 Å². The number of rotatable bonds is 4. The molecule has 6 heteroatoms. The van der Waals surface area contributed by atoms with Gasteiger partial charge < -0.3 is 5.32 Å². The Kier molecular flexibility index (Phi) is 4.77. The fraction of sp³-hybridized carbons (Fsp3) is 0.200. The Morgan fingerprint density at radius 3 is 2.52 bits per heavy atom. The molecule has 0 aliphatic rings. The van der Waals surface area contributed by atoms with Gasteiger partial charge in [-0.1, -0.05) is 12.1 Å². The third-order valence-corrected chi connectivity index (χ3v) is 3.63. The molecule has 0 heterocycles. The van der Waals surface area contributed by atoms with E-state index < -0.39 is 17.6 Å². The smallest absolute Gasteiger partial charge is 0.381 e. The Hall–Kier alpha value is -1.69. The zero-order valence-electron chi connectivity index (χ0n) is 11.2. The van der Waals surface area contributed by atoms with E-state index in [1.54, 1.807) is 11.8 Å². The Bertz CT molecular complexity index is 625. The van der Waals surface area contributed by atoms with Gasteiger partial charge in [-0.15, -0.1) is 11.8 Å². The topological polar surface area (TPSA) is 12.0 Å². The second-order valence-corrected chi connectivity index (χ2v) is 5.28. The first-order chi connectivity index (χ1) is 9.90. The molecule has 0 aliphatic carbocycles. The molecule has 0 amide bonds. The lowest BCUT2D eigenvalue weighted by atomic mass is 10.1. The largest absolute Gasteiger partial charge is 0.419 e. The number of nitrogens with one attached hydrogen (secondary N) is 1. The van der Waals surface area contributed by atoms with Crippen molar-refractivity contribution in [2.75, 3.05) is 11.6 Å². The lowest BCUT2D eigenvalue weighted by Crippen LogP contribution is -2.10. The minimum absolute atomic E-state index is 0.196. The third-order valence-electron chi connectivity index (χ3n) is 2.90. The van der Waals surface area contributed by atoms with Gasteiger partial charge in [0.05, 0.1) is 5.56 Å². The predicted molar refractivity (Wildman–Crippen MR) is 77.0 cm³/mol. The summed E-state index contributed by atoms with van der Waals surface area (Å²) in [6.45, 7) is 0.196. The van der Waals surface area contributed by atoms with E-state index in [-0.39, 0.29) is 6.54 Å². The highest BCUT2D eigenvalue weighted by Crippen LogP contribution is 2.32. The van der Waals surface area contributed by atoms with Crippen LogP contribution in [0.25, 0.3) is 0 Å². The van der Waals surface area contributed by atoms with Gasteiger partial charge in [0.15, 0.2) is 0 Å². The minimum Gasteiger partial charge on any atom is -0.381 e. The molecule has 0 aromatic heterocycles. The Morgan fingerprint density at radius 1 is 1.10 bits per heavy atom. The molecule has 0 saturated heterocycles. The second-order valence-electron chi connectivity index (χ2n) is 4.40. The number of thioether (sulfide) groups is 1. The Balaban J connectivity index is 2.13. The Morgan fingerprint density at radius 2 is 1.86 bits per heavy atom. The van der Waals surface area contributed by atoms with Crippen LogP contribution in [0.4, 0.5) is 23.2 Å². The van der Waals surface area contributed by atoms with E-state index in [4.69, 9.17) is 0 Å². The minimum atomic E-state index is -4.68. The molecule has 112 valence electrons. The van der Waals surface area contributed by atoms with E-state index in [2.05, 4.69) is 5.32 Å². The number of alkyl halides is 3. The maximum Gasteiger partial charge on any atom is 0.419 e. The first kappa shape index (κ1) is 15.7. The molecule has 0 radical (unpaired) electrons. The van der Waals surface area contributed by atoms with Crippen LogP contribution in [0.2, 0.25) is 0 Å². The summed E-state index contributed by atoms with van der Waals surface area (Å²) in [5, 5.41) is 3.03. The van der Waals surface area contributed by atoms with Crippen molar-refractivity contribution in [3.05, 3.63) is 59.4 Å². The molecule has 0 saturated carbocycles. The third kappa shape index (κ3) is 4.14. The molecule has 0 spiro atoms. The van der Waals surface area contributed by atoms with Gasteiger partial charge in [0.25, 0.3) is 0 Å². The van der Waals surface area contributed by atoms with Crippen molar-refractivity contribution in [2.45, 2.75) is 17.6 Å². The molecule has 0 aliphatic heterocycles. The van der Waals surface area contributed by atoms with Crippen LogP contribution in [0.5, 0.6) is 0 Å². The molecule has 0 unspecified atom stereocenters. The van der Waals surface area contributed by atoms with Crippen LogP contribution in [-0.4, -0.2) is 6.26 Å². The summed E-state index contributed by atoms with van der Waals surface area (Å²) in [6, 6.07) is 10.6. The van der Waals surface area contributed by atoms with Crippen molar-refractivity contribution in [3.8, 4) is 0 Å². The van der Waals surface area contributed by atoms with E-state index in [0.717, 1.165) is 22.7 Å². The summed E-state index contributed by atoms with van der Waals surface area (Å²) < 4.78 is 51.1. The van der Waals surface area contributed by atoms with Gasteiger partial charge >= 0.3 is 6.18 Å². The maximum atomic E-state index is 13.2. The SMILES string of the molecule is CSc1cccc(NCc2ccc(F)c(C(F)(F)F)c2)c1. The number of halogens is 4. The van der Waals surface area contributed by atoms with Crippen LogP contribution in [0.1, 0.15) is 11.1 Å². The van der Waals surface area contributed by atoms with Gasteiger partial charge in [-0.25, -0.2) is 4.39 Å². The zero-order chi connectivity index (χ0) is 15.5. The summed E-state index contributed by atoms with van der Waals surface area (Å²) in [5.41, 5.74) is -0.0577. The molecule has 2 aromatic carbocycles. The molecule has 0 atom stereocenters. The summed E-state index contributed by atoms with van der Waals surface area (Å²) in [4.78, 5) is 1.05. The highest BCUT2D eigenvalue weighted by atomic mass is 32.2. The molecule has 2 aromatic rings. The number of anilines is 1. The van der Waals surface area contributed by atoms with Crippen LogP contribution in [0, 0.1) is 5.82 Å². The van der Waals surface area contributed by atoms with E-state index in [1.165, 1.54) is 6.07 Å². The quantitative estimate of drug-likeness (QED) is 0.616. The van der Waals surface area contributed by atoms with E-state index in [0.29, 0.717) is 5.56 Å². The van der Waals surface area contributed by atoms with Crippen LogP contribution < -0.4 is 5.32 Å². The van der Waals surface area contributed by atoms with Crippen LogP contribution in [0.15, 0.2) is 47.4 Å².